The molecule has 0 aliphatic heterocycles. The van der Waals surface area contributed by atoms with Crippen LogP contribution in [-0.2, 0) is 26.0 Å². The van der Waals surface area contributed by atoms with Gasteiger partial charge in [0, 0.05) is 9.75 Å². The average molecular weight is 501 g/mol. The molecule has 6 heteroatoms. The molecule has 1 heterocycles. The van der Waals surface area contributed by atoms with E-state index in [0.717, 1.165) is 35.6 Å². The van der Waals surface area contributed by atoms with Crippen molar-refractivity contribution in [2.24, 2.45) is 9.98 Å². The van der Waals surface area contributed by atoms with Crippen LogP contribution in [0.3, 0.4) is 0 Å². The Morgan fingerprint density at radius 2 is 1.10 bits per heavy atom. The van der Waals surface area contributed by atoms with Gasteiger partial charge in [0.25, 0.3) is 0 Å². The van der Waals surface area contributed by atoms with Crippen molar-refractivity contribution >= 4 is 54.3 Å². The summed E-state index contributed by atoms with van der Waals surface area (Å²) < 4.78 is 0. The molecule has 0 aliphatic rings. The van der Waals surface area contributed by atoms with Gasteiger partial charge in [-0.2, -0.15) is 0 Å². The third-order valence-corrected chi connectivity index (χ3v) is 5.94. The van der Waals surface area contributed by atoms with Crippen molar-refractivity contribution in [1.82, 2.24) is 0 Å². The van der Waals surface area contributed by atoms with Crippen molar-refractivity contribution < 1.29 is 13.1 Å². The number of benzene rings is 2. The van der Waals surface area contributed by atoms with Gasteiger partial charge in [-0.25, -0.2) is 0 Å². The molecule has 30 heavy (non-hydrogen) atoms. The summed E-state index contributed by atoms with van der Waals surface area (Å²) in [5, 5.41) is 0. The Bertz CT molecular complexity index is 934. The summed E-state index contributed by atoms with van der Waals surface area (Å²) in [6.45, 7) is 8.50. The molecule has 0 aliphatic carbocycles. The second kappa shape index (κ2) is 13.1. The summed E-state index contributed by atoms with van der Waals surface area (Å²) in [6.07, 6.45) is 1.98. The number of halogens is 2. The zero-order valence-electron chi connectivity index (χ0n) is 17.6. The second-order valence-corrected chi connectivity index (χ2v) is 9.48. The molecule has 0 radical (unpaired) electrons. The molecule has 1 aromatic heterocycles. The molecule has 0 N–H and O–H groups in total. The number of aliphatic imine (C=N–C) groups is 2. The number of para-hydroxylation sites is 2. The van der Waals surface area contributed by atoms with E-state index < -0.39 is 0 Å². The van der Waals surface area contributed by atoms with Crippen molar-refractivity contribution in [3.8, 4) is 0 Å². The molecule has 0 spiro atoms. The van der Waals surface area contributed by atoms with Crippen LogP contribution in [0.25, 0.3) is 0 Å². The number of hydrogen-bond acceptors (Lipinski definition) is 3. The fourth-order valence-electron chi connectivity index (χ4n) is 3.04. The summed E-state index contributed by atoms with van der Waals surface area (Å²) in [6, 6.07) is 21.0. The van der Waals surface area contributed by atoms with Gasteiger partial charge in [-0.05, 0) is 62.1 Å². The maximum absolute atomic E-state index is 4.87. The predicted molar refractivity (Wildman–Crippen MR) is 131 cm³/mol. The van der Waals surface area contributed by atoms with Crippen LogP contribution in [0.2, 0.25) is 0 Å². The first-order valence-electron chi connectivity index (χ1n) is 9.76. The molecule has 160 valence electrons. The standard InChI is InChI=1S/C24H26N2S.2ClH.Fe/c1-5-19-11-7-9-13-21(19)25-17(3)23-15-16-24(27-23)18(4)26-22-14-10-8-12-20(22)6-2;;;/h7-16H,5-6H2,1-4H3;2*1H;/q;;;+2/p-2. The van der Waals surface area contributed by atoms with E-state index in [4.69, 9.17) is 30.2 Å². The molecular formula is C24H26Cl2FeN2S. The zero-order valence-corrected chi connectivity index (χ0v) is 21.0. The van der Waals surface area contributed by atoms with Gasteiger partial charge in [0.05, 0.1) is 22.8 Å². The van der Waals surface area contributed by atoms with Crippen molar-refractivity contribution in [3.05, 3.63) is 81.5 Å². The van der Waals surface area contributed by atoms with Crippen LogP contribution in [0.15, 0.2) is 70.6 Å². The predicted octanol–water partition coefficient (Wildman–Crippen LogP) is 8.53. The Balaban J connectivity index is 0.00000101. The molecule has 0 amide bonds. The number of thiophene rings is 1. The van der Waals surface area contributed by atoms with Crippen LogP contribution >= 0.6 is 31.5 Å². The minimum atomic E-state index is 0.194. The Kier molecular flexibility index (Phi) is 10.8. The first-order chi connectivity index (χ1) is 14.5. The molecule has 0 unspecified atom stereocenters. The normalized spacial score (nSPS) is 11.9. The van der Waals surface area contributed by atoms with E-state index >= 15 is 0 Å². The number of hydrogen-bond donors (Lipinski definition) is 0. The van der Waals surface area contributed by atoms with E-state index in [-0.39, 0.29) is 13.1 Å². The Morgan fingerprint density at radius 3 is 1.47 bits per heavy atom. The van der Waals surface area contributed by atoms with Gasteiger partial charge in [0.15, 0.2) is 0 Å². The third kappa shape index (κ3) is 7.07. The van der Waals surface area contributed by atoms with Crippen molar-refractivity contribution in [2.75, 3.05) is 0 Å². The van der Waals surface area contributed by atoms with Crippen LogP contribution in [0.5, 0.6) is 0 Å². The van der Waals surface area contributed by atoms with Crippen LogP contribution in [0.1, 0.15) is 48.6 Å². The molecule has 2 aromatic carbocycles. The molecule has 0 fully saturated rings. The molecule has 0 atom stereocenters. The maximum atomic E-state index is 4.87. The van der Waals surface area contributed by atoms with Gasteiger partial charge < -0.3 is 0 Å². The number of aryl methyl sites for hydroxylation is 2. The fourth-order valence-corrected chi connectivity index (χ4v) is 3.93. The topological polar surface area (TPSA) is 24.7 Å². The van der Waals surface area contributed by atoms with E-state index in [1.807, 2.05) is 12.1 Å². The molecule has 0 saturated heterocycles. The zero-order chi connectivity index (χ0) is 21.9. The van der Waals surface area contributed by atoms with Gasteiger partial charge >= 0.3 is 33.3 Å². The minimum absolute atomic E-state index is 0.194. The van der Waals surface area contributed by atoms with E-state index in [0.29, 0.717) is 0 Å². The van der Waals surface area contributed by atoms with Gasteiger partial charge in [-0.15, -0.1) is 11.3 Å². The van der Waals surface area contributed by atoms with Crippen LogP contribution in [0.4, 0.5) is 11.4 Å². The Labute approximate surface area is 198 Å². The van der Waals surface area contributed by atoms with Crippen molar-refractivity contribution in [2.45, 2.75) is 40.5 Å². The molecule has 2 nitrogen and oxygen atoms in total. The van der Waals surface area contributed by atoms with E-state index in [1.54, 1.807) is 11.3 Å². The van der Waals surface area contributed by atoms with Gasteiger partial charge in [-0.1, -0.05) is 50.2 Å². The average Bonchev–Trinajstić information content (AvgIpc) is 3.26. The van der Waals surface area contributed by atoms with Crippen LogP contribution in [0, 0.1) is 0 Å². The molecule has 3 rings (SSSR count). The summed E-state index contributed by atoms with van der Waals surface area (Å²) in [4.78, 5) is 12.1. The van der Waals surface area contributed by atoms with E-state index in [9.17, 15) is 0 Å². The number of rotatable bonds is 6. The van der Waals surface area contributed by atoms with Gasteiger partial charge in [-0.3, -0.25) is 9.98 Å². The Hall–Kier alpha value is -1.42. The summed E-state index contributed by atoms with van der Waals surface area (Å²) in [7, 11) is 9.53. The van der Waals surface area contributed by atoms with Crippen molar-refractivity contribution in [1.29, 1.82) is 0 Å². The third-order valence-electron chi connectivity index (χ3n) is 4.64. The van der Waals surface area contributed by atoms with Crippen LogP contribution < -0.4 is 0 Å². The molecule has 3 aromatic rings. The molecule has 0 saturated carbocycles. The summed E-state index contributed by atoms with van der Waals surface area (Å²) in [5.74, 6) is 0. The summed E-state index contributed by atoms with van der Waals surface area (Å²) in [5.41, 5.74) is 6.79. The fraction of sp³-hybridized carbons (Fsp3) is 0.250. The molecule has 0 bridgehead atoms. The van der Waals surface area contributed by atoms with Crippen molar-refractivity contribution in [3.63, 3.8) is 0 Å². The first kappa shape index (κ1) is 24.8. The van der Waals surface area contributed by atoms with E-state index in [1.165, 1.54) is 20.9 Å². The second-order valence-electron chi connectivity index (χ2n) is 6.57. The van der Waals surface area contributed by atoms with E-state index in [2.05, 4.69) is 76.2 Å². The first-order valence-corrected chi connectivity index (χ1v) is 13.6. The van der Waals surface area contributed by atoms with Crippen LogP contribution in [-0.4, -0.2) is 11.4 Å². The SMILES string of the molecule is CCc1ccccc1N=C(C)c1ccc(C(C)=Nc2ccccc2CC)s1.[Cl][Fe][Cl]. The molecular weight excluding hydrogens is 475 g/mol. The van der Waals surface area contributed by atoms with Gasteiger partial charge in [0.2, 0.25) is 0 Å². The quantitative estimate of drug-likeness (QED) is 0.239. The monoisotopic (exact) mass is 500 g/mol. The Morgan fingerprint density at radius 1 is 0.733 bits per heavy atom. The van der Waals surface area contributed by atoms with Gasteiger partial charge in [0.1, 0.15) is 0 Å². The number of nitrogens with zero attached hydrogens (tertiary/aromatic N) is 2. The summed E-state index contributed by atoms with van der Waals surface area (Å²) >= 11 is 1.95.